The maximum absolute atomic E-state index is 12.1. The van der Waals surface area contributed by atoms with Gasteiger partial charge in [0.05, 0.1) is 39.3 Å². The van der Waals surface area contributed by atoms with Crippen molar-refractivity contribution in [1.29, 1.82) is 0 Å². The lowest BCUT2D eigenvalue weighted by atomic mass is 9.70. The number of nitrogens with zero attached hydrogens (tertiary/aromatic N) is 3. The predicted octanol–water partition coefficient (Wildman–Crippen LogP) is 9.12. The van der Waals surface area contributed by atoms with Crippen LogP contribution in [0.15, 0.2) is 140 Å². The first-order valence-corrected chi connectivity index (χ1v) is 16.5. The summed E-state index contributed by atoms with van der Waals surface area (Å²) in [4.78, 5) is 37.0. The fraction of sp³-hybridized carbons (Fsp3) is 0.0227. The van der Waals surface area contributed by atoms with Gasteiger partial charge in [0.15, 0.2) is 0 Å². The Morgan fingerprint density at radius 2 is 0.941 bits per heavy atom. The van der Waals surface area contributed by atoms with E-state index < -0.39 is 17.4 Å². The predicted molar refractivity (Wildman–Crippen MR) is 196 cm³/mol. The van der Waals surface area contributed by atoms with Crippen molar-refractivity contribution in [2.24, 2.45) is 0 Å². The van der Waals surface area contributed by atoms with Gasteiger partial charge in [0.25, 0.3) is 0 Å². The highest BCUT2D eigenvalue weighted by Gasteiger charge is 2.51. The average Bonchev–Trinajstić information content (AvgIpc) is 3.64. The van der Waals surface area contributed by atoms with Gasteiger partial charge in [-0.25, -0.2) is 14.6 Å². The van der Waals surface area contributed by atoms with Gasteiger partial charge in [-0.2, -0.15) is 0 Å². The van der Waals surface area contributed by atoms with Gasteiger partial charge < -0.3 is 10.2 Å². The number of rotatable bonds is 6. The van der Waals surface area contributed by atoms with Gasteiger partial charge in [0.2, 0.25) is 0 Å². The first-order valence-electron chi connectivity index (χ1n) is 16.5. The average molecular weight is 662 g/mol. The second-order valence-corrected chi connectivity index (χ2v) is 12.7. The first kappa shape index (κ1) is 30.1. The van der Waals surface area contributed by atoms with Crippen molar-refractivity contribution in [2.45, 2.75) is 5.41 Å². The topological polar surface area (TPSA) is 113 Å². The van der Waals surface area contributed by atoms with Gasteiger partial charge in [-0.1, -0.05) is 97.1 Å². The molecule has 1 spiro atoms. The third-order valence-corrected chi connectivity index (χ3v) is 9.88. The Balaban J connectivity index is 1.12. The number of hydrogen-bond acceptors (Lipinski definition) is 5. The summed E-state index contributed by atoms with van der Waals surface area (Å²) in [5, 5.41) is 19.3. The molecule has 242 valence electrons. The van der Waals surface area contributed by atoms with Crippen LogP contribution in [0.1, 0.15) is 54.1 Å². The quantitative estimate of drug-likeness (QED) is 0.183. The van der Waals surface area contributed by atoms with Crippen LogP contribution in [0.2, 0.25) is 0 Å². The molecule has 0 radical (unpaired) electrons. The fourth-order valence-corrected chi connectivity index (χ4v) is 7.72. The van der Waals surface area contributed by atoms with Crippen LogP contribution in [0.3, 0.4) is 0 Å². The molecule has 0 unspecified atom stereocenters. The van der Waals surface area contributed by atoms with E-state index in [2.05, 4.69) is 112 Å². The minimum Gasteiger partial charge on any atom is -0.478 e. The number of aromatic carboxylic acids is 2. The number of benzene rings is 4. The second kappa shape index (κ2) is 11.6. The van der Waals surface area contributed by atoms with Crippen LogP contribution in [0.25, 0.3) is 57.2 Å². The molecule has 7 heteroatoms. The molecule has 0 saturated heterocycles. The minimum absolute atomic E-state index is 0.0107. The molecule has 7 aromatic rings. The standard InChI is InChI=1S/C44H27N3O4/c48-42(49)28-18-20-46-39(23-28)41-25-29(43(50)51)24-40(47-41)38-22-27(17-19-45-38)14-13-26-15-16-33-32-9-3-6-12-36(32)44(37(33)21-26)34-10-4-1-7-30(34)31-8-2-5-11-35(31)44/h1-25H,(H,48,49)(H,50,51)/b14-13+. The molecule has 0 bridgehead atoms. The molecular formula is C44H27N3O4. The lowest BCUT2D eigenvalue weighted by Gasteiger charge is -2.30. The van der Waals surface area contributed by atoms with Crippen molar-refractivity contribution in [3.63, 3.8) is 0 Å². The Morgan fingerprint density at radius 1 is 0.471 bits per heavy atom. The highest BCUT2D eigenvalue weighted by molar-refractivity contribution is 5.96. The zero-order valence-electron chi connectivity index (χ0n) is 27.0. The maximum atomic E-state index is 12.1. The molecule has 7 nitrogen and oxygen atoms in total. The van der Waals surface area contributed by atoms with Crippen LogP contribution in [-0.4, -0.2) is 37.1 Å². The molecule has 3 heterocycles. The molecule has 2 N–H and O–H groups in total. The number of carbonyl (C=O) groups is 2. The molecule has 0 aliphatic heterocycles. The van der Waals surface area contributed by atoms with Gasteiger partial charge in [-0.15, -0.1) is 0 Å². The van der Waals surface area contributed by atoms with E-state index in [1.807, 2.05) is 18.2 Å². The van der Waals surface area contributed by atoms with E-state index in [1.165, 1.54) is 75.0 Å². The molecule has 0 saturated carbocycles. The first-order chi connectivity index (χ1) is 24.9. The number of carboxylic acids is 2. The summed E-state index contributed by atoms with van der Waals surface area (Å²) in [5.74, 6) is -2.26. The molecule has 51 heavy (non-hydrogen) atoms. The number of pyridine rings is 3. The molecule has 0 atom stereocenters. The van der Waals surface area contributed by atoms with E-state index in [9.17, 15) is 19.8 Å². The molecule has 4 aromatic carbocycles. The summed E-state index contributed by atoms with van der Waals surface area (Å²) >= 11 is 0. The van der Waals surface area contributed by atoms with Crippen LogP contribution in [0.4, 0.5) is 0 Å². The summed E-state index contributed by atoms with van der Waals surface area (Å²) in [6.07, 6.45) is 7.11. The SMILES string of the molecule is O=C(O)c1ccnc(-c2cc(C(=O)O)cc(-c3cc(/C=C/c4ccc5c(c4)C4(c6ccccc6-c6ccccc64)c4ccccc4-5)ccn3)n2)c1. The lowest BCUT2D eigenvalue weighted by Crippen LogP contribution is -2.25. The summed E-state index contributed by atoms with van der Waals surface area (Å²) in [6.45, 7) is 0. The van der Waals surface area contributed by atoms with Crippen LogP contribution in [-0.2, 0) is 5.41 Å². The normalized spacial score (nSPS) is 13.1. The number of aromatic nitrogens is 3. The Labute approximate surface area is 292 Å². The highest BCUT2D eigenvalue weighted by Crippen LogP contribution is 2.62. The Morgan fingerprint density at radius 3 is 1.51 bits per heavy atom. The third-order valence-electron chi connectivity index (χ3n) is 9.88. The van der Waals surface area contributed by atoms with E-state index in [0.29, 0.717) is 11.4 Å². The van der Waals surface area contributed by atoms with Gasteiger partial charge in [0, 0.05) is 12.4 Å². The largest absolute Gasteiger partial charge is 0.478 e. The molecule has 3 aromatic heterocycles. The monoisotopic (exact) mass is 661 g/mol. The fourth-order valence-electron chi connectivity index (χ4n) is 7.72. The summed E-state index contributed by atoms with van der Waals surface area (Å²) in [5.41, 5.74) is 12.9. The van der Waals surface area contributed by atoms with Crippen molar-refractivity contribution in [1.82, 2.24) is 15.0 Å². The highest BCUT2D eigenvalue weighted by atomic mass is 16.4. The molecule has 2 aliphatic carbocycles. The number of carboxylic acid groups (broad SMARTS) is 2. The molecule has 0 fully saturated rings. The van der Waals surface area contributed by atoms with E-state index in [1.54, 1.807) is 6.20 Å². The van der Waals surface area contributed by atoms with Crippen molar-refractivity contribution in [3.8, 4) is 45.0 Å². The molecular weight excluding hydrogens is 635 g/mol. The Bertz CT molecular complexity index is 2560. The van der Waals surface area contributed by atoms with Gasteiger partial charge >= 0.3 is 11.9 Å². The van der Waals surface area contributed by atoms with Crippen LogP contribution in [0, 0.1) is 0 Å². The molecule has 2 aliphatic rings. The molecule has 0 amide bonds. The summed E-state index contributed by atoms with van der Waals surface area (Å²) < 4.78 is 0. The van der Waals surface area contributed by atoms with E-state index in [0.717, 1.165) is 11.1 Å². The van der Waals surface area contributed by atoms with Gasteiger partial charge in [0.1, 0.15) is 0 Å². The Kier molecular flexibility index (Phi) is 6.83. The van der Waals surface area contributed by atoms with Crippen LogP contribution >= 0.6 is 0 Å². The van der Waals surface area contributed by atoms with Crippen molar-refractivity contribution in [3.05, 3.63) is 184 Å². The van der Waals surface area contributed by atoms with Crippen molar-refractivity contribution >= 4 is 24.1 Å². The van der Waals surface area contributed by atoms with Crippen molar-refractivity contribution < 1.29 is 19.8 Å². The van der Waals surface area contributed by atoms with Crippen LogP contribution < -0.4 is 0 Å². The Hall–Kier alpha value is -6.99. The van der Waals surface area contributed by atoms with Gasteiger partial charge in [-0.05, 0) is 98.1 Å². The van der Waals surface area contributed by atoms with Crippen LogP contribution in [0.5, 0.6) is 0 Å². The smallest absolute Gasteiger partial charge is 0.335 e. The zero-order valence-corrected chi connectivity index (χ0v) is 27.0. The summed E-state index contributed by atoms with van der Waals surface area (Å²) in [6, 6.07) is 42.2. The summed E-state index contributed by atoms with van der Waals surface area (Å²) in [7, 11) is 0. The second-order valence-electron chi connectivity index (χ2n) is 12.7. The number of hydrogen-bond donors (Lipinski definition) is 2. The lowest BCUT2D eigenvalue weighted by molar-refractivity contribution is 0.0686. The van der Waals surface area contributed by atoms with Gasteiger partial charge in [-0.3, -0.25) is 9.97 Å². The minimum atomic E-state index is -1.14. The zero-order chi connectivity index (χ0) is 34.7. The molecule has 9 rings (SSSR count). The number of fused-ring (bicyclic) bond motifs is 10. The van der Waals surface area contributed by atoms with E-state index in [-0.39, 0.29) is 22.5 Å². The van der Waals surface area contributed by atoms with E-state index >= 15 is 0 Å². The third kappa shape index (κ3) is 4.70. The maximum Gasteiger partial charge on any atom is 0.335 e. The van der Waals surface area contributed by atoms with Crippen molar-refractivity contribution in [2.75, 3.05) is 0 Å². The van der Waals surface area contributed by atoms with E-state index in [4.69, 9.17) is 0 Å².